The number of alkyl halides is 3. The highest BCUT2D eigenvalue weighted by atomic mass is 19.4. The molecule has 4 nitrogen and oxygen atoms in total. The number of nitrogens with one attached hydrogen (secondary N) is 1. The number of carboxylic acids is 1. The van der Waals surface area contributed by atoms with E-state index in [2.05, 4.69) is 0 Å². The van der Waals surface area contributed by atoms with Crippen molar-refractivity contribution in [3.8, 4) is 0 Å². The average molecular weight is 279 g/mol. The zero-order chi connectivity index (χ0) is 14.6. The van der Waals surface area contributed by atoms with Gasteiger partial charge < -0.3 is 10.4 Å². The van der Waals surface area contributed by atoms with Gasteiger partial charge in [-0.05, 0) is 18.2 Å². The first-order valence-corrected chi connectivity index (χ1v) is 5.08. The van der Waals surface area contributed by atoms with Crippen molar-refractivity contribution in [2.75, 3.05) is 5.32 Å². The zero-order valence-electron chi connectivity index (χ0n) is 9.42. The molecule has 0 bridgehead atoms. The van der Waals surface area contributed by atoms with Gasteiger partial charge in [0.2, 0.25) is 5.91 Å². The second kappa shape index (κ2) is 5.68. The van der Waals surface area contributed by atoms with Gasteiger partial charge in [0.05, 0.1) is 17.7 Å². The topological polar surface area (TPSA) is 66.4 Å². The summed E-state index contributed by atoms with van der Waals surface area (Å²) >= 11 is 0. The molecule has 0 aliphatic rings. The quantitative estimate of drug-likeness (QED) is 0.833. The van der Waals surface area contributed by atoms with Gasteiger partial charge in [-0.1, -0.05) is 0 Å². The largest absolute Gasteiger partial charge is 0.481 e. The van der Waals surface area contributed by atoms with Crippen LogP contribution in [0.25, 0.3) is 0 Å². The number of hydrogen-bond acceptors (Lipinski definition) is 2. The van der Waals surface area contributed by atoms with Crippen LogP contribution >= 0.6 is 0 Å². The summed E-state index contributed by atoms with van der Waals surface area (Å²) < 4.78 is 50.4. The number of aliphatic carboxylic acids is 1. The Morgan fingerprint density at radius 1 is 1.21 bits per heavy atom. The molecule has 0 heterocycles. The zero-order valence-corrected chi connectivity index (χ0v) is 9.42. The Labute approximate surface area is 105 Å². The van der Waals surface area contributed by atoms with Crippen LogP contribution in [0.1, 0.15) is 18.4 Å². The van der Waals surface area contributed by atoms with Gasteiger partial charge in [-0.3, -0.25) is 9.59 Å². The standard InChI is InChI=1S/C11H9F4NO3/c12-7-2-1-6(11(13,14)15)5-8(7)16-9(17)3-4-10(18)19/h1-2,5H,3-4H2,(H,16,17)(H,18,19). The molecule has 0 unspecified atom stereocenters. The normalized spacial score (nSPS) is 11.2. The second-order valence-electron chi connectivity index (χ2n) is 3.63. The molecule has 0 aliphatic carbocycles. The minimum atomic E-state index is -4.66. The monoisotopic (exact) mass is 279 g/mol. The number of carbonyl (C=O) groups is 2. The van der Waals surface area contributed by atoms with Crippen LogP contribution in [0.15, 0.2) is 18.2 Å². The molecule has 0 aliphatic heterocycles. The lowest BCUT2D eigenvalue weighted by atomic mass is 10.2. The highest BCUT2D eigenvalue weighted by molar-refractivity contribution is 5.92. The van der Waals surface area contributed by atoms with Gasteiger partial charge in [0.15, 0.2) is 0 Å². The number of rotatable bonds is 4. The maximum Gasteiger partial charge on any atom is 0.416 e. The van der Waals surface area contributed by atoms with Crippen molar-refractivity contribution in [1.29, 1.82) is 0 Å². The predicted octanol–water partition coefficient (Wildman–Crippen LogP) is 2.65. The predicted molar refractivity (Wildman–Crippen MR) is 56.9 cm³/mol. The van der Waals surface area contributed by atoms with E-state index in [1.165, 1.54) is 0 Å². The smallest absolute Gasteiger partial charge is 0.416 e. The van der Waals surface area contributed by atoms with Crippen molar-refractivity contribution in [3.05, 3.63) is 29.6 Å². The van der Waals surface area contributed by atoms with Gasteiger partial charge >= 0.3 is 12.1 Å². The minimum Gasteiger partial charge on any atom is -0.481 e. The van der Waals surface area contributed by atoms with E-state index in [1.54, 1.807) is 0 Å². The van der Waals surface area contributed by atoms with E-state index >= 15 is 0 Å². The molecular weight excluding hydrogens is 270 g/mol. The van der Waals surface area contributed by atoms with Crippen molar-refractivity contribution < 1.29 is 32.3 Å². The summed E-state index contributed by atoms with van der Waals surface area (Å²) in [5.41, 5.74) is -1.74. The third-order valence-electron chi connectivity index (χ3n) is 2.13. The van der Waals surface area contributed by atoms with Crippen LogP contribution in [0.3, 0.4) is 0 Å². The molecule has 1 rings (SSSR count). The summed E-state index contributed by atoms with van der Waals surface area (Å²) in [6, 6.07) is 1.58. The van der Waals surface area contributed by atoms with E-state index in [9.17, 15) is 27.2 Å². The van der Waals surface area contributed by atoms with E-state index in [0.29, 0.717) is 18.2 Å². The van der Waals surface area contributed by atoms with Crippen molar-refractivity contribution in [2.45, 2.75) is 19.0 Å². The third kappa shape index (κ3) is 4.57. The van der Waals surface area contributed by atoms with Gasteiger partial charge in [-0.2, -0.15) is 13.2 Å². The molecule has 0 saturated carbocycles. The van der Waals surface area contributed by atoms with Gasteiger partial charge in [0.1, 0.15) is 5.82 Å². The number of carboxylic acid groups (broad SMARTS) is 1. The molecule has 0 atom stereocenters. The maximum absolute atomic E-state index is 13.2. The van der Waals surface area contributed by atoms with Crippen LogP contribution in [-0.2, 0) is 15.8 Å². The fourth-order valence-corrected chi connectivity index (χ4v) is 1.23. The molecule has 0 fully saturated rings. The lowest BCUT2D eigenvalue weighted by molar-refractivity contribution is -0.138. The lowest BCUT2D eigenvalue weighted by Crippen LogP contribution is -2.15. The van der Waals surface area contributed by atoms with Crippen LogP contribution < -0.4 is 5.32 Å². The van der Waals surface area contributed by atoms with Gasteiger partial charge in [-0.25, -0.2) is 4.39 Å². The molecule has 1 aromatic carbocycles. The molecule has 1 aromatic rings. The molecule has 19 heavy (non-hydrogen) atoms. The Balaban J connectivity index is 2.83. The Bertz CT molecular complexity index is 499. The number of benzene rings is 1. The Hall–Kier alpha value is -2.12. The van der Waals surface area contributed by atoms with E-state index in [0.717, 1.165) is 0 Å². The highest BCUT2D eigenvalue weighted by Crippen LogP contribution is 2.31. The molecule has 1 amide bonds. The summed E-state index contributed by atoms with van der Waals surface area (Å²) in [4.78, 5) is 21.4. The van der Waals surface area contributed by atoms with Crippen LogP contribution in [0.5, 0.6) is 0 Å². The van der Waals surface area contributed by atoms with E-state index in [4.69, 9.17) is 5.11 Å². The number of halogens is 4. The fraction of sp³-hybridized carbons (Fsp3) is 0.273. The van der Waals surface area contributed by atoms with Crippen LogP contribution in [-0.4, -0.2) is 17.0 Å². The van der Waals surface area contributed by atoms with Gasteiger partial charge in [0, 0.05) is 6.42 Å². The summed E-state index contributed by atoms with van der Waals surface area (Å²) in [6.07, 6.45) is -5.61. The molecule has 8 heteroatoms. The molecule has 104 valence electrons. The van der Waals surface area contributed by atoms with E-state index in [1.807, 2.05) is 5.32 Å². The summed E-state index contributed by atoms with van der Waals surface area (Å²) in [6.45, 7) is 0. The van der Waals surface area contributed by atoms with Crippen molar-refractivity contribution in [2.24, 2.45) is 0 Å². The summed E-state index contributed by atoms with van der Waals surface area (Å²) in [7, 11) is 0. The van der Waals surface area contributed by atoms with E-state index in [-0.39, 0.29) is 0 Å². The number of hydrogen-bond donors (Lipinski definition) is 2. The summed E-state index contributed by atoms with van der Waals surface area (Å²) in [5.74, 6) is -3.14. The third-order valence-corrected chi connectivity index (χ3v) is 2.13. The first kappa shape index (κ1) is 14.9. The van der Waals surface area contributed by atoms with Crippen LogP contribution in [0.2, 0.25) is 0 Å². The molecular formula is C11H9F4NO3. The summed E-state index contributed by atoms with van der Waals surface area (Å²) in [5, 5.41) is 10.2. The molecule has 2 N–H and O–H groups in total. The van der Waals surface area contributed by atoms with Crippen molar-refractivity contribution in [1.82, 2.24) is 0 Å². The molecule has 0 aromatic heterocycles. The van der Waals surface area contributed by atoms with Crippen molar-refractivity contribution >= 4 is 17.6 Å². The molecule has 0 saturated heterocycles. The Morgan fingerprint density at radius 3 is 2.37 bits per heavy atom. The van der Waals surface area contributed by atoms with Crippen LogP contribution in [0, 0.1) is 5.82 Å². The number of anilines is 1. The molecule has 0 radical (unpaired) electrons. The number of amides is 1. The average Bonchev–Trinajstić information content (AvgIpc) is 2.28. The Kier molecular flexibility index (Phi) is 4.47. The van der Waals surface area contributed by atoms with E-state index < -0.39 is 48.0 Å². The number of carbonyl (C=O) groups excluding carboxylic acids is 1. The fourth-order valence-electron chi connectivity index (χ4n) is 1.23. The van der Waals surface area contributed by atoms with Crippen molar-refractivity contribution in [3.63, 3.8) is 0 Å². The Morgan fingerprint density at radius 2 is 1.84 bits per heavy atom. The van der Waals surface area contributed by atoms with Gasteiger partial charge in [-0.15, -0.1) is 0 Å². The van der Waals surface area contributed by atoms with Gasteiger partial charge in [0.25, 0.3) is 0 Å². The molecule has 0 spiro atoms. The lowest BCUT2D eigenvalue weighted by Gasteiger charge is -2.10. The van der Waals surface area contributed by atoms with Crippen LogP contribution in [0.4, 0.5) is 23.2 Å². The maximum atomic E-state index is 13.2. The second-order valence-corrected chi connectivity index (χ2v) is 3.63. The minimum absolute atomic E-state index is 0.452. The first-order chi connectivity index (χ1) is 8.70. The highest BCUT2D eigenvalue weighted by Gasteiger charge is 2.31. The SMILES string of the molecule is O=C(O)CCC(=O)Nc1cc(C(F)(F)F)ccc1F. The first-order valence-electron chi connectivity index (χ1n) is 5.08.